The Morgan fingerprint density at radius 1 is 1.20 bits per heavy atom. The molecule has 0 aliphatic heterocycles. The molecule has 0 aliphatic carbocycles. The third kappa shape index (κ3) is 1.38. The summed E-state index contributed by atoms with van der Waals surface area (Å²) in [7, 11) is 0. The largest absolute Gasteiger partial charge is 0.492 e. The van der Waals surface area contributed by atoms with Crippen LogP contribution in [-0.4, -0.2) is 20.9 Å². The highest BCUT2D eigenvalue weighted by Crippen LogP contribution is 2.34. The highest BCUT2D eigenvalue weighted by Gasteiger charge is 2.17. The Morgan fingerprint density at radius 3 is 2.07 bits per heavy atom. The SMILES string of the molecule is CC(=O)On1c(O)c2ccccc2c1O. The van der Waals surface area contributed by atoms with E-state index < -0.39 is 5.97 Å². The molecule has 0 saturated carbocycles. The molecule has 0 radical (unpaired) electrons. The van der Waals surface area contributed by atoms with E-state index in [1.807, 2.05) is 0 Å². The van der Waals surface area contributed by atoms with Crippen LogP contribution in [0.4, 0.5) is 0 Å². The molecule has 0 saturated heterocycles. The van der Waals surface area contributed by atoms with Gasteiger partial charge in [-0.05, 0) is 12.1 Å². The average molecular weight is 207 g/mol. The van der Waals surface area contributed by atoms with Gasteiger partial charge in [0.05, 0.1) is 10.8 Å². The molecule has 1 heterocycles. The zero-order valence-corrected chi connectivity index (χ0v) is 7.97. The Bertz CT molecular complexity index is 490. The molecule has 1 aromatic heterocycles. The van der Waals surface area contributed by atoms with Crippen molar-refractivity contribution in [2.24, 2.45) is 0 Å². The van der Waals surface area contributed by atoms with Crippen LogP contribution in [0.1, 0.15) is 6.92 Å². The number of nitrogens with zero attached hydrogens (tertiary/aromatic N) is 1. The van der Waals surface area contributed by atoms with Gasteiger partial charge in [0.2, 0.25) is 11.8 Å². The topological polar surface area (TPSA) is 71.7 Å². The zero-order chi connectivity index (χ0) is 11.0. The van der Waals surface area contributed by atoms with Crippen molar-refractivity contribution in [1.82, 2.24) is 4.73 Å². The highest BCUT2D eigenvalue weighted by molar-refractivity contribution is 5.92. The molecule has 2 aromatic rings. The second-order valence-corrected chi connectivity index (χ2v) is 3.07. The lowest BCUT2D eigenvalue weighted by molar-refractivity contribution is -0.142. The molecular weight excluding hydrogens is 198 g/mol. The quantitative estimate of drug-likeness (QED) is 0.732. The highest BCUT2D eigenvalue weighted by atomic mass is 16.7. The fourth-order valence-electron chi connectivity index (χ4n) is 1.41. The van der Waals surface area contributed by atoms with Crippen molar-refractivity contribution in [3.63, 3.8) is 0 Å². The first-order valence-corrected chi connectivity index (χ1v) is 4.31. The summed E-state index contributed by atoms with van der Waals surface area (Å²) >= 11 is 0. The summed E-state index contributed by atoms with van der Waals surface area (Å²) in [4.78, 5) is 15.4. The molecule has 15 heavy (non-hydrogen) atoms. The maximum absolute atomic E-state index is 10.7. The van der Waals surface area contributed by atoms with Crippen molar-refractivity contribution in [1.29, 1.82) is 0 Å². The number of rotatable bonds is 1. The predicted octanol–water partition coefficient (Wildman–Crippen LogP) is 1.03. The van der Waals surface area contributed by atoms with E-state index >= 15 is 0 Å². The molecule has 5 heteroatoms. The summed E-state index contributed by atoms with van der Waals surface area (Å²) in [6.07, 6.45) is 0. The standard InChI is InChI=1S/C10H9NO4/c1-6(12)15-11-9(13)7-4-2-3-5-8(7)10(11)14/h2-5,13-14H,1H3. The van der Waals surface area contributed by atoms with E-state index in [2.05, 4.69) is 4.84 Å². The lowest BCUT2D eigenvalue weighted by Gasteiger charge is -2.03. The third-order valence-corrected chi connectivity index (χ3v) is 2.01. The van der Waals surface area contributed by atoms with Gasteiger partial charge < -0.3 is 15.1 Å². The lowest BCUT2D eigenvalue weighted by atomic mass is 10.2. The molecule has 78 valence electrons. The molecule has 2 N–H and O–H groups in total. The fourth-order valence-corrected chi connectivity index (χ4v) is 1.41. The van der Waals surface area contributed by atoms with Gasteiger partial charge in [-0.25, -0.2) is 4.79 Å². The molecule has 5 nitrogen and oxygen atoms in total. The second kappa shape index (κ2) is 3.20. The normalized spacial score (nSPS) is 10.5. The lowest BCUT2D eigenvalue weighted by Crippen LogP contribution is -2.15. The van der Waals surface area contributed by atoms with Crippen molar-refractivity contribution in [3.8, 4) is 11.8 Å². The number of aromatic hydroxyl groups is 2. The fraction of sp³-hybridized carbons (Fsp3) is 0.100. The Hall–Kier alpha value is -2.17. The molecule has 0 aliphatic rings. The number of benzene rings is 1. The Labute approximate surface area is 85.1 Å². The van der Waals surface area contributed by atoms with Gasteiger partial charge in [-0.3, -0.25) is 0 Å². The maximum Gasteiger partial charge on any atom is 0.330 e. The van der Waals surface area contributed by atoms with Crippen LogP contribution in [0, 0.1) is 0 Å². The van der Waals surface area contributed by atoms with E-state index in [1.165, 1.54) is 6.92 Å². The molecular formula is C10H9NO4. The van der Waals surface area contributed by atoms with Gasteiger partial charge in [-0.2, -0.15) is 0 Å². The monoisotopic (exact) mass is 207 g/mol. The predicted molar refractivity (Wildman–Crippen MR) is 52.5 cm³/mol. The molecule has 0 fully saturated rings. The summed E-state index contributed by atoms with van der Waals surface area (Å²) in [5, 5.41) is 20.1. The zero-order valence-electron chi connectivity index (χ0n) is 7.97. The first-order valence-electron chi connectivity index (χ1n) is 4.31. The van der Waals surface area contributed by atoms with Crippen molar-refractivity contribution < 1.29 is 19.8 Å². The summed E-state index contributed by atoms with van der Waals surface area (Å²) in [5.41, 5.74) is 0. The van der Waals surface area contributed by atoms with Crippen LogP contribution in [0.2, 0.25) is 0 Å². The van der Waals surface area contributed by atoms with Crippen LogP contribution in [0.25, 0.3) is 10.8 Å². The van der Waals surface area contributed by atoms with E-state index in [0.717, 1.165) is 0 Å². The minimum absolute atomic E-state index is 0.293. The average Bonchev–Trinajstić information content (AvgIpc) is 2.44. The van der Waals surface area contributed by atoms with E-state index in [4.69, 9.17) is 0 Å². The maximum atomic E-state index is 10.7. The molecule has 0 bridgehead atoms. The van der Waals surface area contributed by atoms with Crippen LogP contribution in [-0.2, 0) is 4.79 Å². The summed E-state index contributed by atoms with van der Waals surface area (Å²) in [5.74, 6) is -1.21. The molecule has 2 rings (SSSR count). The molecule has 0 unspecified atom stereocenters. The van der Waals surface area contributed by atoms with E-state index in [-0.39, 0.29) is 11.8 Å². The van der Waals surface area contributed by atoms with Crippen molar-refractivity contribution in [3.05, 3.63) is 24.3 Å². The van der Waals surface area contributed by atoms with Crippen LogP contribution in [0.5, 0.6) is 11.8 Å². The number of hydrogen-bond acceptors (Lipinski definition) is 4. The van der Waals surface area contributed by atoms with Crippen molar-refractivity contribution >= 4 is 16.7 Å². The van der Waals surface area contributed by atoms with Gasteiger partial charge in [-0.1, -0.05) is 12.1 Å². The van der Waals surface area contributed by atoms with E-state index in [1.54, 1.807) is 24.3 Å². The molecule has 0 spiro atoms. The first kappa shape index (κ1) is 9.39. The number of fused-ring (bicyclic) bond motifs is 1. The van der Waals surface area contributed by atoms with Crippen molar-refractivity contribution in [2.45, 2.75) is 6.92 Å². The minimum Gasteiger partial charge on any atom is -0.492 e. The number of carbonyl (C=O) groups excluding carboxylic acids is 1. The van der Waals surface area contributed by atoms with Crippen LogP contribution >= 0.6 is 0 Å². The molecule has 1 aromatic carbocycles. The van der Waals surface area contributed by atoms with E-state index in [0.29, 0.717) is 15.5 Å². The number of carbonyl (C=O) groups is 1. The Kier molecular flexibility index (Phi) is 2.00. The van der Waals surface area contributed by atoms with Crippen LogP contribution < -0.4 is 4.84 Å². The summed E-state index contributed by atoms with van der Waals surface area (Å²) < 4.78 is 0.701. The summed E-state index contributed by atoms with van der Waals surface area (Å²) in [6, 6.07) is 6.65. The molecule has 0 amide bonds. The third-order valence-electron chi connectivity index (χ3n) is 2.01. The Morgan fingerprint density at radius 2 is 1.67 bits per heavy atom. The van der Waals surface area contributed by atoms with Gasteiger partial charge in [0.15, 0.2) is 0 Å². The van der Waals surface area contributed by atoms with Gasteiger partial charge in [-0.15, -0.1) is 4.73 Å². The minimum atomic E-state index is -0.624. The van der Waals surface area contributed by atoms with Gasteiger partial charge in [0.1, 0.15) is 0 Å². The van der Waals surface area contributed by atoms with E-state index in [9.17, 15) is 15.0 Å². The van der Waals surface area contributed by atoms with Crippen molar-refractivity contribution in [2.75, 3.05) is 0 Å². The number of hydrogen-bond donors (Lipinski definition) is 2. The van der Waals surface area contributed by atoms with Gasteiger partial charge in [0, 0.05) is 6.92 Å². The smallest absolute Gasteiger partial charge is 0.330 e. The first-order chi connectivity index (χ1) is 7.11. The van der Waals surface area contributed by atoms with Crippen LogP contribution in [0.15, 0.2) is 24.3 Å². The Balaban J connectivity index is 2.69. The second-order valence-electron chi connectivity index (χ2n) is 3.07. The van der Waals surface area contributed by atoms with Gasteiger partial charge in [0.25, 0.3) is 0 Å². The van der Waals surface area contributed by atoms with Crippen LogP contribution in [0.3, 0.4) is 0 Å². The molecule has 0 atom stereocenters. The number of aromatic nitrogens is 1. The summed E-state index contributed by atoms with van der Waals surface area (Å²) in [6.45, 7) is 1.18. The van der Waals surface area contributed by atoms with Gasteiger partial charge >= 0.3 is 5.97 Å².